The second kappa shape index (κ2) is 5.89. The summed E-state index contributed by atoms with van der Waals surface area (Å²) in [5.74, 6) is -1.21. The van der Waals surface area contributed by atoms with Crippen molar-refractivity contribution in [2.24, 2.45) is 0 Å². The number of aromatic amines is 1. The molecule has 2 aromatic carbocycles. The third kappa shape index (κ3) is 2.42. The Labute approximate surface area is 146 Å². The Morgan fingerprint density at radius 2 is 1.50 bits per heavy atom. The summed E-state index contributed by atoms with van der Waals surface area (Å²) in [6.07, 6.45) is 0. The molecule has 0 aliphatic heterocycles. The summed E-state index contributed by atoms with van der Waals surface area (Å²) in [6.45, 7) is 0. The minimum absolute atomic E-state index is 0.0165. The first kappa shape index (κ1) is 15.6. The first-order chi connectivity index (χ1) is 12.6. The average molecular weight is 345 g/mol. The van der Waals surface area contributed by atoms with E-state index in [9.17, 15) is 19.2 Å². The molecule has 1 aliphatic rings. The molecule has 7 nitrogen and oxygen atoms in total. The number of hydrogen-bond donors (Lipinski definition) is 2. The monoisotopic (exact) mass is 345 g/mol. The van der Waals surface area contributed by atoms with Crippen LogP contribution < -0.4 is 10.9 Å². The summed E-state index contributed by atoms with van der Waals surface area (Å²) in [5.41, 5.74) is 0.793. The SMILES string of the molecule is O=C(Nc1cccc2c1C(=O)c1ccccc1C2=O)c1ccc(=O)[nH]n1. The number of aromatic nitrogens is 2. The van der Waals surface area contributed by atoms with Gasteiger partial charge in [-0.2, -0.15) is 5.10 Å². The Kier molecular flexibility index (Phi) is 3.54. The molecule has 0 saturated carbocycles. The minimum atomic E-state index is -0.603. The second-order valence-corrected chi connectivity index (χ2v) is 5.69. The number of fused-ring (bicyclic) bond motifs is 2. The molecule has 3 aromatic rings. The molecule has 0 bridgehead atoms. The van der Waals surface area contributed by atoms with Gasteiger partial charge in [-0.1, -0.05) is 36.4 Å². The molecule has 7 heteroatoms. The van der Waals surface area contributed by atoms with Crippen molar-refractivity contribution in [3.05, 3.63) is 92.9 Å². The normalized spacial score (nSPS) is 12.3. The molecule has 1 heterocycles. The van der Waals surface area contributed by atoms with Gasteiger partial charge in [0.05, 0.1) is 11.3 Å². The predicted molar refractivity (Wildman–Crippen MR) is 92.6 cm³/mol. The van der Waals surface area contributed by atoms with E-state index in [-0.39, 0.29) is 34.1 Å². The van der Waals surface area contributed by atoms with Crippen LogP contribution in [0.4, 0.5) is 5.69 Å². The lowest BCUT2D eigenvalue weighted by Crippen LogP contribution is -2.24. The van der Waals surface area contributed by atoms with Gasteiger partial charge in [-0.25, -0.2) is 5.10 Å². The van der Waals surface area contributed by atoms with Crippen molar-refractivity contribution in [3.8, 4) is 0 Å². The molecule has 1 aliphatic carbocycles. The van der Waals surface area contributed by atoms with Gasteiger partial charge in [-0.05, 0) is 12.1 Å². The highest BCUT2D eigenvalue weighted by Crippen LogP contribution is 2.32. The standard InChI is InChI=1S/C19H11N3O4/c23-15-9-8-14(21-22-15)19(26)20-13-7-3-6-12-16(13)18(25)11-5-2-1-4-10(11)17(12)24/h1-9H,(H,20,26)(H,22,23). The number of benzene rings is 2. The quantitative estimate of drug-likeness (QED) is 0.576. The molecule has 0 atom stereocenters. The third-order valence-electron chi connectivity index (χ3n) is 4.11. The fourth-order valence-corrected chi connectivity index (χ4v) is 2.91. The molecular formula is C19H11N3O4. The van der Waals surface area contributed by atoms with Crippen molar-refractivity contribution in [1.29, 1.82) is 0 Å². The van der Waals surface area contributed by atoms with Crippen LogP contribution in [0.25, 0.3) is 0 Å². The minimum Gasteiger partial charge on any atom is -0.320 e. The number of carbonyl (C=O) groups excluding carboxylic acids is 3. The summed E-state index contributed by atoms with van der Waals surface area (Å²) >= 11 is 0. The Bertz CT molecular complexity index is 1130. The van der Waals surface area contributed by atoms with Crippen LogP contribution in [0.3, 0.4) is 0 Å². The highest BCUT2D eigenvalue weighted by atomic mass is 16.2. The number of carbonyl (C=O) groups is 3. The lowest BCUT2D eigenvalue weighted by atomic mass is 9.83. The molecule has 1 amide bonds. The van der Waals surface area contributed by atoms with Crippen molar-refractivity contribution in [2.75, 3.05) is 5.32 Å². The lowest BCUT2D eigenvalue weighted by molar-refractivity contribution is 0.0978. The van der Waals surface area contributed by atoms with Crippen molar-refractivity contribution in [3.63, 3.8) is 0 Å². The molecule has 0 radical (unpaired) electrons. The summed E-state index contributed by atoms with van der Waals surface area (Å²) in [6, 6.07) is 13.7. The Morgan fingerprint density at radius 1 is 0.808 bits per heavy atom. The van der Waals surface area contributed by atoms with Gasteiger partial charge in [-0.15, -0.1) is 0 Å². The zero-order valence-electron chi connectivity index (χ0n) is 13.3. The molecule has 2 N–H and O–H groups in total. The van der Waals surface area contributed by atoms with Gasteiger partial charge in [0.2, 0.25) is 0 Å². The van der Waals surface area contributed by atoms with Gasteiger partial charge in [0.25, 0.3) is 11.5 Å². The van der Waals surface area contributed by atoms with Crippen LogP contribution in [0.2, 0.25) is 0 Å². The van der Waals surface area contributed by atoms with Crippen LogP contribution in [0, 0.1) is 0 Å². The zero-order valence-corrected chi connectivity index (χ0v) is 13.3. The molecule has 0 fully saturated rings. The maximum absolute atomic E-state index is 12.9. The third-order valence-corrected chi connectivity index (χ3v) is 4.11. The number of ketones is 2. The number of anilines is 1. The molecule has 1 aromatic heterocycles. The van der Waals surface area contributed by atoms with Gasteiger partial charge in [0, 0.05) is 22.8 Å². The van der Waals surface area contributed by atoms with E-state index in [1.165, 1.54) is 12.1 Å². The van der Waals surface area contributed by atoms with Gasteiger partial charge >= 0.3 is 0 Å². The van der Waals surface area contributed by atoms with E-state index >= 15 is 0 Å². The van der Waals surface area contributed by atoms with E-state index < -0.39 is 11.5 Å². The van der Waals surface area contributed by atoms with Crippen molar-refractivity contribution < 1.29 is 14.4 Å². The van der Waals surface area contributed by atoms with E-state index in [0.717, 1.165) is 0 Å². The summed E-state index contributed by atoms with van der Waals surface area (Å²) < 4.78 is 0. The van der Waals surface area contributed by atoms with Crippen molar-refractivity contribution >= 4 is 23.2 Å². The van der Waals surface area contributed by atoms with E-state index in [1.54, 1.807) is 42.5 Å². The number of H-pyrrole nitrogens is 1. The fourth-order valence-electron chi connectivity index (χ4n) is 2.91. The number of nitrogens with one attached hydrogen (secondary N) is 2. The average Bonchev–Trinajstić information content (AvgIpc) is 2.66. The lowest BCUT2D eigenvalue weighted by Gasteiger charge is -2.20. The predicted octanol–water partition coefficient (Wildman–Crippen LogP) is 1.80. The highest BCUT2D eigenvalue weighted by Gasteiger charge is 2.31. The smallest absolute Gasteiger partial charge is 0.276 e. The molecule has 0 spiro atoms. The van der Waals surface area contributed by atoms with E-state index in [1.807, 2.05) is 0 Å². The maximum Gasteiger partial charge on any atom is 0.276 e. The van der Waals surface area contributed by atoms with E-state index in [4.69, 9.17) is 0 Å². The van der Waals surface area contributed by atoms with E-state index in [2.05, 4.69) is 15.5 Å². The molecule has 4 rings (SSSR count). The fraction of sp³-hybridized carbons (Fsp3) is 0. The topological polar surface area (TPSA) is 109 Å². The molecular weight excluding hydrogens is 334 g/mol. The summed E-state index contributed by atoms with van der Waals surface area (Å²) in [7, 11) is 0. The molecule has 0 saturated heterocycles. The van der Waals surface area contributed by atoms with Gasteiger partial charge in [0.1, 0.15) is 5.69 Å². The summed E-state index contributed by atoms with van der Waals surface area (Å²) in [4.78, 5) is 49.0. The highest BCUT2D eigenvalue weighted by molar-refractivity contribution is 6.30. The molecule has 126 valence electrons. The van der Waals surface area contributed by atoms with Crippen LogP contribution >= 0.6 is 0 Å². The molecule has 26 heavy (non-hydrogen) atoms. The van der Waals surface area contributed by atoms with Crippen molar-refractivity contribution in [1.82, 2.24) is 10.2 Å². The first-order valence-corrected chi connectivity index (χ1v) is 7.75. The van der Waals surface area contributed by atoms with Gasteiger partial charge in [0.15, 0.2) is 11.6 Å². The first-order valence-electron chi connectivity index (χ1n) is 7.75. The van der Waals surface area contributed by atoms with Gasteiger partial charge < -0.3 is 5.32 Å². The van der Waals surface area contributed by atoms with E-state index in [0.29, 0.717) is 11.1 Å². The second-order valence-electron chi connectivity index (χ2n) is 5.69. The van der Waals surface area contributed by atoms with Gasteiger partial charge in [-0.3, -0.25) is 19.2 Å². The Hall–Kier alpha value is -3.87. The zero-order chi connectivity index (χ0) is 18.3. The number of nitrogens with zero attached hydrogens (tertiary/aromatic N) is 1. The van der Waals surface area contributed by atoms with Crippen molar-refractivity contribution in [2.45, 2.75) is 0 Å². The largest absolute Gasteiger partial charge is 0.320 e. The van der Waals surface area contributed by atoms with Crippen LogP contribution in [-0.2, 0) is 0 Å². The van der Waals surface area contributed by atoms with Crippen LogP contribution in [0.5, 0.6) is 0 Å². The number of hydrogen-bond acceptors (Lipinski definition) is 5. The Morgan fingerprint density at radius 3 is 2.19 bits per heavy atom. The van der Waals surface area contributed by atoms with Crippen LogP contribution in [-0.4, -0.2) is 27.7 Å². The van der Waals surface area contributed by atoms with Crippen LogP contribution in [0.1, 0.15) is 42.3 Å². The Balaban J connectivity index is 1.77. The number of rotatable bonds is 2. The van der Waals surface area contributed by atoms with Crippen LogP contribution in [0.15, 0.2) is 59.4 Å². The number of amides is 1. The molecule has 0 unspecified atom stereocenters. The summed E-state index contributed by atoms with van der Waals surface area (Å²) in [5, 5.41) is 8.42. The maximum atomic E-state index is 12.9.